The van der Waals surface area contributed by atoms with Crippen LogP contribution in [-0.2, 0) is 94.9 Å². The zero-order valence-corrected chi connectivity index (χ0v) is 57.7. The van der Waals surface area contributed by atoms with Gasteiger partial charge in [0.05, 0.1) is 58.0 Å². The molecule has 26 N–H and O–H groups in total. The number of hydrogen-bond acceptors (Lipinski definition) is 43. The average Bonchev–Trinajstić information content (AvgIpc) is 0.767. The molecule has 0 aliphatic carbocycles. The molecule has 9 aliphatic heterocycles. The number of nitrogens with one attached hydrogen (secondary N) is 3. The molecule has 46 heteroatoms. The minimum absolute atomic E-state index is 0.811. The van der Waals surface area contributed by atoms with Gasteiger partial charge in [-0.1, -0.05) is 0 Å². The van der Waals surface area contributed by atoms with Crippen LogP contribution in [0.5, 0.6) is 0 Å². The molecule has 0 unspecified atom stereocenters. The second-order valence-electron chi connectivity index (χ2n) is 27.3. The maximum absolute atomic E-state index is 13.4. The van der Waals surface area contributed by atoms with Gasteiger partial charge in [0.1, 0.15) is 201 Å². The topological polar surface area (TPSA) is 710 Å². The number of aliphatic hydroxyl groups excluding tert-OH is 23. The Morgan fingerprint density at radius 3 is 0.764 bits per heavy atom. The molecule has 9 heterocycles. The van der Waals surface area contributed by atoms with Crippen LogP contribution in [0.1, 0.15) is 41.5 Å². The molecule has 106 heavy (non-hydrogen) atoms. The SMILES string of the molecule is CC(=O)N[C@@H]1[C@@H](O[C@H]2O[C@H](C)[C@H](O)[C@H](O)[C@H]2O)[C@H](O[C@@H]2O[C@H](CO)[C@H](O[C@@H]3O[C@H](CO)[C@@H](O[C@@H]4O[C@H](CO)[C@H](O[C@@H]5O[C@H](CO)[C@@H](O[C@@H]6O[C@H](CO)[C@H](O)[C@H](O)[C@H]6O)[C@H](O[C@H]6O[C@H](C)[C@H](O)[C@H](O)[C@H]6O)[C@H]5NC(C)=O)[C@H](O)[C@H]4O)[C@H](O[C@H]4O[C@H](C)[C@H](O)[C@H](O)[C@H]4O)[C@H]3NC(C)=O)[C@H](O)[C@H]2O)[C@@H](CO)O[C@H]1O. The number of amides is 3. The van der Waals surface area contributed by atoms with E-state index in [4.69, 9.17) is 80.5 Å². The molecule has 0 aromatic heterocycles. The van der Waals surface area contributed by atoms with Crippen LogP contribution in [0.3, 0.4) is 0 Å². The highest BCUT2D eigenvalue weighted by molar-refractivity contribution is 5.74. The van der Waals surface area contributed by atoms with Gasteiger partial charge in [-0.3, -0.25) is 14.4 Å². The maximum Gasteiger partial charge on any atom is 0.217 e. The van der Waals surface area contributed by atoms with Crippen LogP contribution in [0.15, 0.2) is 0 Å². The van der Waals surface area contributed by atoms with Crippen molar-refractivity contribution < 1.29 is 212 Å². The molecule has 0 spiro atoms. The summed E-state index contributed by atoms with van der Waals surface area (Å²) in [6.45, 7) is 0.0751. The molecule has 45 atom stereocenters. The Kier molecular flexibility index (Phi) is 30.4. The molecule has 9 aliphatic rings. The van der Waals surface area contributed by atoms with Crippen molar-refractivity contribution in [3.8, 4) is 0 Å². The fraction of sp³-hybridized carbons (Fsp3) is 0.950. The lowest BCUT2D eigenvalue weighted by atomic mass is 9.93. The standard InChI is InChI=1S/C60H101N3O43/c1-13-28(73)32(77)38(83)55(90-13)104-49-25(61-16(4)70)52(89)93-22(10-67)46(49)101-59-42(87)36(81)44(20(8-65)97-59)99-54-27(63-18(6)72)51(106-57-40(85)34(79)30(75)15(3)92-57)48(24(12-69)96-54)103-60-43(88)37(82)45(21(9-66)98-60)100-53-26(62-17(5)71)50(105-56-39(84)33(78)29(74)14(2)91-56)47(23(11-68)95-53)102-58-41(86)35(80)31(76)19(7-64)94-58/h13-15,19-60,64-69,73-89H,7-12H2,1-6H3,(H,61,70)(H,62,71)(H,63,72)/t13-,14-,15-,19-,20-,21-,22-,23-,24-,25-,26-,27-,28+,29+,30+,31+,32+,33+,34+,35+,36-,37-,38-,39-,40-,41-,42-,43-,44+,45+,46-,47-,48-,49-,50-,51-,52-,53+,54+,55-,56-,57-,58+,59+,60+/m1/s1. The van der Waals surface area contributed by atoms with Crippen LogP contribution in [0.25, 0.3) is 0 Å². The molecule has 3 amide bonds. The van der Waals surface area contributed by atoms with Gasteiger partial charge in [-0.2, -0.15) is 0 Å². The van der Waals surface area contributed by atoms with E-state index in [0.717, 1.165) is 20.8 Å². The Morgan fingerprint density at radius 1 is 0.245 bits per heavy atom. The van der Waals surface area contributed by atoms with E-state index in [9.17, 15) is 132 Å². The van der Waals surface area contributed by atoms with Crippen LogP contribution in [0.2, 0.25) is 0 Å². The minimum Gasteiger partial charge on any atom is -0.394 e. The second kappa shape index (κ2) is 37.2. The average molecular weight is 1550 g/mol. The number of ether oxygens (including phenoxy) is 17. The lowest BCUT2D eigenvalue weighted by Gasteiger charge is -2.52. The third-order valence-electron chi connectivity index (χ3n) is 19.9. The molecule has 0 bridgehead atoms. The largest absolute Gasteiger partial charge is 0.394 e. The first-order valence-corrected chi connectivity index (χ1v) is 34.2. The molecule has 9 rings (SSSR count). The smallest absolute Gasteiger partial charge is 0.217 e. The first-order valence-electron chi connectivity index (χ1n) is 34.2. The first-order chi connectivity index (χ1) is 50.0. The van der Waals surface area contributed by atoms with E-state index in [0.29, 0.717) is 0 Å². The van der Waals surface area contributed by atoms with E-state index in [1.54, 1.807) is 0 Å². The zero-order valence-electron chi connectivity index (χ0n) is 57.7. The Bertz CT molecular complexity index is 2780. The summed E-state index contributed by atoms with van der Waals surface area (Å²) >= 11 is 0. The molecular weight excluding hydrogens is 1450 g/mol. The van der Waals surface area contributed by atoms with Gasteiger partial charge in [0.25, 0.3) is 0 Å². The summed E-state index contributed by atoms with van der Waals surface area (Å²) in [4.78, 5) is 39.2. The summed E-state index contributed by atoms with van der Waals surface area (Å²) in [7, 11) is 0. The van der Waals surface area contributed by atoms with Gasteiger partial charge in [0, 0.05) is 20.8 Å². The van der Waals surface area contributed by atoms with Gasteiger partial charge in [-0.05, 0) is 20.8 Å². The first kappa shape index (κ1) is 86.8. The van der Waals surface area contributed by atoms with Crippen molar-refractivity contribution in [3.63, 3.8) is 0 Å². The number of aliphatic hydroxyl groups is 23. The lowest BCUT2D eigenvalue weighted by Crippen LogP contribution is -2.72. The molecule has 0 radical (unpaired) electrons. The van der Waals surface area contributed by atoms with E-state index >= 15 is 0 Å². The highest BCUT2D eigenvalue weighted by Crippen LogP contribution is 2.41. The number of rotatable bonds is 25. The van der Waals surface area contributed by atoms with Crippen LogP contribution >= 0.6 is 0 Å². The van der Waals surface area contributed by atoms with Gasteiger partial charge in [-0.25, -0.2) is 0 Å². The van der Waals surface area contributed by atoms with Crippen LogP contribution in [0, 0.1) is 0 Å². The van der Waals surface area contributed by atoms with E-state index in [1.807, 2.05) is 0 Å². The molecule has 46 nitrogen and oxygen atoms in total. The fourth-order valence-corrected chi connectivity index (χ4v) is 14.0. The van der Waals surface area contributed by atoms with E-state index in [-0.39, 0.29) is 0 Å². The third kappa shape index (κ3) is 18.5. The second-order valence-corrected chi connectivity index (χ2v) is 27.3. The Balaban J connectivity index is 0.997. The van der Waals surface area contributed by atoms with Gasteiger partial charge < -0.3 is 214 Å². The van der Waals surface area contributed by atoms with Crippen molar-refractivity contribution in [2.45, 2.75) is 318 Å². The highest BCUT2D eigenvalue weighted by Gasteiger charge is 2.62. The summed E-state index contributed by atoms with van der Waals surface area (Å²) in [6.07, 6.45) is -82.3. The fourth-order valence-electron chi connectivity index (χ4n) is 14.0. The molecule has 0 aromatic carbocycles. The summed E-state index contributed by atoms with van der Waals surface area (Å²) < 4.78 is 102. The lowest BCUT2D eigenvalue weighted by molar-refractivity contribution is -0.399. The number of carbonyl (C=O) groups is 3. The summed E-state index contributed by atoms with van der Waals surface area (Å²) in [5, 5.41) is 261. The van der Waals surface area contributed by atoms with E-state index < -0.39 is 334 Å². The van der Waals surface area contributed by atoms with Gasteiger partial charge >= 0.3 is 0 Å². The monoisotopic (exact) mass is 1550 g/mol. The predicted molar refractivity (Wildman–Crippen MR) is 328 cm³/mol. The van der Waals surface area contributed by atoms with Crippen molar-refractivity contribution in [2.75, 3.05) is 39.6 Å². The number of carbonyl (C=O) groups excluding carboxylic acids is 3. The van der Waals surface area contributed by atoms with Crippen molar-refractivity contribution in [1.29, 1.82) is 0 Å². The Morgan fingerprint density at radius 2 is 0.462 bits per heavy atom. The molecule has 9 saturated heterocycles. The van der Waals surface area contributed by atoms with E-state index in [2.05, 4.69) is 16.0 Å². The molecule has 9 fully saturated rings. The Labute approximate surface area is 602 Å². The van der Waals surface area contributed by atoms with Crippen LogP contribution in [0.4, 0.5) is 0 Å². The molecule has 0 aromatic rings. The van der Waals surface area contributed by atoms with Crippen molar-refractivity contribution in [1.82, 2.24) is 16.0 Å². The number of hydrogen-bond donors (Lipinski definition) is 26. The molecule has 614 valence electrons. The van der Waals surface area contributed by atoms with Gasteiger partial charge in [0.2, 0.25) is 17.7 Å². The third-order valence-corrected chi connectivity index (χ3v) is 19.9. The molecule has 0 saturated carbocycles. The highest BCUT2D eigenvalue weighted by atomic mass is 16.8. The van der Waals surface area contributed by atoms with Crippen molar-refractivity contribution in [2.24, 2.45) is 0 Å². The van der Waals surface area contributed by atoms with Crippen LogP contribution < -0.4 is 16.0 Å². The van der Waals surface area contributed by atoms with Gasteiger partial charge in [-0.15, -0.1) is 0 Å². The van der Waals surface area contributed by atoms with E-state index in [1.165, 1.54) is 20.8 Å². The summed E-state index contributed by atoms with van der Waals surface area (Å²) in [6, 6.07) is -5.55. The van der Waals surface area contributed by atoms with Crippen LogP contribution in [-0.4, -0.2) is 451 Å². The van der Waals surface area contributed by atoms with Gasteiger partial charge in [0.15, 0.2) is 56.6 Å². The molecular formula is C60H101N3O43. The predicted octanol–water partition coefficient (Wildman–Crippen LogP) is -17.1. The van der Waals surface area contributed by atoms with Crippen molar-refractivity contribution in [3.05, 3.63) is 0 Å². The Hall–Kier alpha value is -3.19. The summed E-state index contributed by atoms with van der Waals surface area (Å²) in [5.41, 5.74) is 0. The maximum atomic E-state index is 13.4. The zero-order chi connectivity index (χ0) is 78.1. The van der Waals surface area contributed by atoms with Crippen molar-refractivity contribution >= 4 is 17.7 Å². The normalized spacial score (nSPS) is 51.1. The minimum atomic E-state index is -2.44. The summed E-state index contributed by atoms with van der Waals surface area (Å²) in [5.74, 6) is -2.71. The quantitative estimate of drug-likeness (QED) is 0.0404.